The highest BCUT2D eigenvalue weighted by molar-refractivity contribution is 6.11. The monoisotopic (exact) mass is 392 g/mol. The molecule has 3 rings (SSSR count). The van der Waals surface area contributed by atoms with Crippen molar-refractivity contribution in [1.29, 1.82) is 0 Å². The smallest absolute Gasteiger partial charge is 0.276 e. The fraction of sp³-hybridized carbons (Fsp3) is 0.273. The summed E-state index contributed by atoms with van der Waals surface area (Å²) in [6.45, 7) is 2.55. The lowest BCUT2D eigenvalue weighted by Crippen LogP contribution is -2.28. The minimum absolute atomic E-state index is 0.182. The Morgan fingerprint density at radius 1 is 1.00 bits per heavy atom. The van der Waals surface area contributed by atoms with E-state index in [9.17, 15) is 14.4 Å². The molecule has 0 fully saturated rings. The van der Waals surface area contributed by atoms with Gasteiger partial charge >= 0.3 is 0 Å². The Morgan fingerprint density at radius 2 is 1.76 bits per heavy atom. The number of nitrogens with one attached hydrogen (secondary N) is 2. The van der Waals surface area contributed by atoms with E-state index in [1.807, 2.05) is 0 Å². The molecule has 1 aromatic heterocycles. The second-order valence-electron chi connectivity index (χ2n) is 6.74. The average Bonchev–Trinajstić information content (AvgIpc) is 2.75. The summed E-state index contributed by atoms with van der Waals surface area (Å²) in [5.41, 5.74) is 0.898. The molecule has 0 aliphatic heterocycles. The molecular formula is C22H24N4O3. The highest BCUT2D eigenvalue weighted by atomic mass is 16.2. The molecule has 0 bridgehead atoms. The highest BCUT2D eigenvalue weighted by Crippen LogP contribution is 2.17. The largest absolute Gasteiger partial charge is 0.355 e. The molecule has 0 aliphatic carbocycles. The Hall–Kier alpha value is -3.48. The van der Waals surface area contributed by atoms with Gasteiger partial charge in [-0.3, -0.25) is 14.4 Å². The number of unbranched alkanes of at least 4 members (excludes halogenated alkanes) is 2. The van der Waals surface area contributed by atoms with Crippen LogP contribution >= 0.6 is 0 Å². The molecular weight excluding hydrogens is 368 g/mol. The molecule has 0 unspecified atom stereocenters. The summed E-state index contributed by atoms with van der Waals surface area (Å²) in [5.74, 6) is -0.673. The number of anilines is 1. The van der Waals surface area contributed by atoms with E-state index >= 15 is 0 Å². The number of nitrogens with zero attached hydrogens (tertiary/aromatic N) is 2. The van der Waals surface area contributed by atoms with Crippen molar-refractivity contribution in [2.45, 2.75) is 32.7 Å². The Labute approximate surface area is 168 Å². The maximum Gasteiger partial charge on any atom is 0.276 e. The van der Waals surface area contributed by atoms with E-state index in [0.717, 1.165) is 19.3 Å². The highest BCUT2D eigenvalue weighted by Gasteiger charge is 2.17. The van der Waals surface area contributed by atoms with Gasteiger partial charge in [-0.25, -0.2) is 4.68 Å². The summed E-state index contributed by atoms with van der Waals surface area (Å²) >= 11 is 0. The number of aryl methyl sites for hydroxylation is 1. The summed E-state index contributed by atoms with van der Waals surface area (Å²) in [6.07, 6.45) is 2.82. The summed E-state index contributed by atoms with van der Waals surface area (Å²) in [7, 11) is 1.55. The molecule has 2 amide bonds. The molecule has 1 heterocycles. The van der Waals surface area contributed by atoms with Gasteiger partial charge in [-0.05, 0) is 30.7 Å². The molecule has 7 heteroatoms. The van der Waals surface area contributed by atoms with Crippen molar-refractivity contribution in [1.82, 2.24) is 15.1 Å². The van der Waals surface area contributed by atoms with Crippen LogP contribution in [0.5, 0.6) is 0 Å². The molecule has 0 atom stereocenters. The van der Waals surface area contributed by atoms with Crippen LogP contribution in [-0.4, -0.2) is 28.6 Å². The van der Waals surface area contributed by atoms with Gasteiger partial charge in [0.25, 0.3) is 17.4 Å². The van der Waals surface area contributed by atoms with Gasteiger partial charge in [0.2, 0.25) is 0 Å². The van der Waals surface area contributed by atoms with Gasteiger partial charge in [-0.2, -0.15) is 5.10 Å². The molecule has 0 radical (unpaired) electrons. The standard InChI is InChI=1S/C22H24N4O3/c1-3-4-7-13-26-22(29)18-12-6-5-11-17(18)19(25-26)21(28)24-16-10-8-9-15(14-16)20(27)23-2/h5-6,8-12,14H,3-4,7,13H2,1-2H3,(H,23,27)(H,24,28). The number of carbonyl (C=O) groups excluding carboxylic acids is 2. The number of hydrogen-bond acceptors (Lipinski definition) is 4. The van der Waals surface area contributed by atoms with Crippen LogP contribution < -0.4 is 16.2 Å². The third-order valence-corrected chi connectivity index (χ3v) is 4.67. The quantitative estimate of drug-likeness (QED) is 0.604. The van der Waals surface area contributed by atoms with Crippen LogP contribution in [0.25, 0.3) is 10.8 Å². The van der Waals surface area contributed by atoms with Gasteiger partial charge in [0.15, 0.2) is 5.69 Å². The number of aromatic nitrogens is 2. The van der Waals surface area contributed by atoms with E-state index in [4.69, 9.17) is 0 Å². The van der Waals surface area contributed by atoms with Crippen LogP contribution in [-0.2, 0) is 6.54 Å². The third kappa shape index (κ3) is 4.51. The van der Waals surface area contributed by atoms with E-state index in [1.165, 1.54) is 4.68 Å². The van der Waals surface area contributed by atoms with E-state index < -0.39 is 5.91 Å². The first-order valence-corrected chi connectivity index (χ1v) is 9.68. The normalized spacial score (nSPS) is 10.7. The fourth-order valence-corrected chi connectivity index (χ4v) is 3.14. The molecule has 29 heavy (non-hydrogen) atoms. The second kappa shape index (κ2) is 9.14. The first kappa shape index (κ1) is 20.3. The fourth-order valence-electron chi connectivity index (χ4n) is 3.14. The molecule has 150 valence electrons. The van der Waals surface area contributed by atoms with Crippen molar-refractivity contribution in [3.63, 3.8) is 0 Å². The number of fused-ring (bicyclic) bond motifs is 1. The number of rotatable bonds is 7. The van der Waals surface area contributed by atoms with Gasteiger partial charge in [0.05, 0.1) is 5.39 Å². The minimum atomic E-state index is -0.431. The molecule has 0 aliphatic rings. The van der Waals surface area contributed by atoms with Crippen LogP contribution in [0.4, 0.5) is 5.69 Å². The lowest BCUT2D eigenvalue weighted by Gasteiger charge is -2.12. The zero-order chi connectivity index (χ0) is 20.8. The van der Waals surface area contributed by atoms with Crippen molar-refractivity contribution in [3.8, 4) is 0 Å². The van der Waals surface area contributed by atoms with Crippen molar-refractivity contribution < 1.29 is 9.59 Å². The topological polar surface area (TPSA) is 93.1 Å². The van der Waals surface area contributed by atoms with Crippen LogP contribution in [0.3, 0.4) is 0 Å². The maximum atomic E-state index is 13.0. The van der Waals surface area contributed by atoms with E-state index in [0.29, 0.717) is 28.6 Å². The maximum absolute atomic E-state index is 13.0. The van der Waals surface area contributed by atoms with Gasteiger partial charge in [-0.1, -0.05) is 44.0 Å². The first-order chi connectivity index (χ1) is 14.0. The first-order valence-electron chi connectivity index (χ1n) is 9.68. The van der Waals surface area contributed by atoms with Gasteiger partial charge in [0.1, 0.15) is 0 Å². The average molecular weight is 392 g/mol. The van der Waals surface area contributed by atoms with Gasteiger partial charge in [-0.15, -0.1) is 0 Å². The van der Waals surface area contributed by atoms with Crippen molar-refractivity contribution in [2.75, 3.05) is 12.4 Å². The molecule has 0 saturated heterocycles. The Bertz CT molecular complexity index is 1100. The van der Waals surface area contributed by atoms with Crippen molar-refractivity contribution >= 4 is 28.3 Å². The lowest BCUT2D eigenvalue weighted by atomic mass is 10.1. The van der Waals surface area contributed by atoms with Crippen molar-refractivity contribution in [3.05, 3.63) is 70.1 Å². The summed E-state index contributed by atoms with van der Waals surface area (Å²) < 4.78 is 1.37. The Kier molecular flexibility index (Phi) is 6.39. The summed E-state index contributed by atoms with van der Waals surface area (Å²) in [4.78, 5) is 37.5. The van der Waals surface area contributed by atoms with Crippen LogP contribution in [0.2, 0.25) is 0 Å². The van der Waals surface area contributed by atoms with Crippen LogP contribution in [0, 0.1) is 0 Å². The van der Waals surface area contributed by atoms with E-state index in [-0.39, 0.29) is 17.2 Å². The van der Waals surface area contributed by atoms with Gasteiger partial charge < -0.3 is 10.6 Å². The zero-order valence-electron chi connectivity index (χ0n) is 16.6. The predicted molar refractivity (Wildman–Crippen MR) is 113 cm³/mol. The molecule has 3 aromatic rings. The number of hydrogen-bond donors (Lipinski definition) is 2. The van der Waals surface area contributed by atoms with Crippen LogP contribution in [0.15, 0.2) is 53.3 Å². The second-order valence-corrected chi connectivity index (χ2v) is 6.74. The van der Waals surface area contributed by atoms with Gasteiger partial charge in [0, 0.05) is 30.2 Å². The van der Waals surface area contributed by atoms with Crippen molar-refractivity contribution in [2.24, 2.45) is 0 Å². The van der Waals surface area contributed by atoms with Crippen LogP contribution in [0.1, 0.15) is 47.0 Å². The molecule has 2 aromatic carbocycles. The molecule has 2 N–H and O–H groups in total. The molecule has 0 saturated carbocycles. The Morgan fingerprint density at radius 3 is 2.48 bits per heavy atom. The zero-order valence-corrected chi connectivity index (χ0v) is 16.6. The SMILES string of the molecule is CCCCCn1nc(C(=O)Nc2cccc(C(=O)NC)c2)c2ccccc2c1=O. The number of amides is 2. The lowest BCUT2D eigenvalue weighted by molar-refractivity contribution is 0.0961. The molecule has 0 spiro atoms. The number of benzene rings is 2. The number of carbonyl (C=O) groups is 2. The summed E-state index contributed by atoms with van der Waals surface area (Å²) in [6, 6.07) is 13.6. The third-order valence-electron chi connectivity index (χ3n) is 4.67. The Balaban J connectivity index is 1.98. The molecule has 7 nitrogen and oxygen atoms in total. The predicted octanol–water partition coefficient (Wildman–Crippen LogP) is 3.20. The summed E-state index contributed by atoms with van der Waals surface area (Å²) in [5, 5.41) is 10.7. The van der Waals surface area contributed by atoms with E-state index in [1.54, 1.807) is 55.6 Å². The van der Waals surface area contributed by atoms with E-state index in [2.05, 4.69) is 22.7 Å². The minimum Gasteiger partial charge on any atom is -0.355 e.